The minimum atomic E-state index is -3.99. The van der Waals surface area contributed by atoms with Crippen molar-refractivity contribution in [2.24, 2.45) is 10.7 Å². The highest BCUT2D eigenvalue weighted by atomic mass is 32.2. The summed E-state index contributed by atoms with van der Waals surface area (Å²) >= 11 is 0. The van der Waals surface area contributed by atoms with Crippen molar-refractivity contribution in [1.82, 2.24) is 9.71 Å². The topological polar surface area (TPSA) is 110 Å². The van der Waals surface area contributed by atoms with Crippen LogP contribution in [0.4, 0.5) is 4.39 Å². The number of H-pyrrole nitrogens is 1. The second-order valence-electron chi connectivity index (χ2n) is 5.78. The van der Waals surface area contributed by atoms with Gasteiger partial charge in [-0.25, -0.2) is 17.5 Å². The van der Waals surface area contributed by atoms with Gasteiger partial charge in [0.05, 0.1) is 12.0 Å². The molecule has 2 aromatic carbocycles. The van der Waals surface area contributed by atoms with Gasteiger partial charge in [-0.1, -0.05) is 18.2 Å². The summed E-state index contributed by atoms with van der Waals surface area (Å²) in [7, 11) is -2.73. The summed E-state index contributed by atoms with van der Waals surface area (Å²) in [5, 5.41) is 1.09. The zero-order chi connectivity index (χ0) is 19.4. The van der Waals surface area contributed by atoms with Crippen LogP contribution in [-0.4, -0.2) is 33.0 Å². The Balaban J connectivity index is 1.67. The van der Waals surface area contributed by atoms with E-state index >= 15 is 0 Å². The number of fused-ring (bicyclic) bond motifs is 1. The predicted molar refractivity (Wildman–Crippen MR) is 102 cm³/mol. The standard InChI is InChI=1S/C18H19FN4O3S/c1-26-17-10-13(6-7-15(17)19)27(24,25)23-18(20)21-9-8-12-11-22-16-5-3-2-4-14(12)16/h2-7,10-11,22H,8-9H2,1H3,(H3,20,21,23). The first-order valence-electron chi connectivity index (χ1n) is 8.12. The van der Waals surface area contributed by atoms with Gasteiger partial charge in [0.15, 0.2) is 11.6 Å². The molecule has 9 heteroatoms. The van der Waals surface area contributed by atoms with Crippen molar-refractivity contribution in [3.63, 3.8) is 0 Å². The highest BCUT2D eigenvalue weighted by Crippen LogP contribution is 2.21. The Morgan fingerprint density at radius 2 is 2.07 bits per heavy atom. The lowest BCUT2D eigenvalue weighted by atomic mass is 10.1. The van der Waals surface area contributed by atoms with Crippen molar-refractivity contribution in [3.05, 3.63) is 60.0 Å². The largest absolute Gasteiger partial charge is 0.494 e. The fraction of sp³-hybridized carbons (Fsp3) is 0.167. The van der Waals surface area contributed by atoms with Crippen LogP contribution in [0.3, 0.4) is 0 Å². The number of nitrogens with two attached hydrogens (primary N) is 1. The molecule has 0 fully saturated rings. The monoisotopic (exact) mass is 390 g/mol. The number of sulfonamides is 1. The van der Waals surface area contributed by atoms with Crippen LogP contribution in [0.5, 0.6) is 5.75 Å². The highest BCUT2D eigenvalue weighted by molar-refractivity contribution is 7.90. The van der Waals surface area contributed by atoms with E-state index in [1.807, 2.05) is 30.5 Å². The zero-order valence-corrected chi connectivity index (χ0v) is 15.4. The van der Waals surface area contributed by atoms with E-state index in [9.17, 15) is 12.8 Å². The molecule has 3 aromatic rings. The third-order valence-electron chi connectivity index (χ3n) is 4.01. The number of aliphatic imine (C=N–C) groups is 1. The molecule has 0 aliphatic heterocycles. The number of aromatic amines is 1. The molecule has 0 radical (unpaired) electrons. The van der Waals surface area contributed by atoms with Crippen LogP contribution in [0, 0.1) is 5.82 Å². The number of hydrogen-bond acceptors (Lipinski definition) is 4. The molecule has 0 amide bonds. The normalized spacial score (nSPS) is 12.3. The van der Waals surface area contributed by atoms with E-state index in [0.29, 0.717) is 13.0 Å². The molecule has 4 N–H and O–H groups in total. The maximum Gasteiger partial charge on any atom is 0.264 e. The van der Waals surface area contributed by atoms with Gasteiger partial charge in [0.25, 0.3) is 10.0 Å². The summed E-state index contributed by atoms with van der Waals surface area (Å²) in [6, 6.07) is 11.1. The average Bonchev–Trinajstić information content (AvgIpc) is 3.05. The van der Waals surface area contributed by atoms with Crippen molar-refractivity contribution < 1.29 is 17.5 Å². The smallest absolute Gasteiger partial charge is 0.264 e. The van der Waals surface area contributed by atoms with Crippen molar-refractivity contribution >= 4 is 26.9 Å². The van der Waals surface area contributed by atoms with E-state index in [-0.39, 0.29) is 16.6 Å². The number of hydrogen-bond donors (Lipinski definition) is 3. The molecule has 0 aliphatic rings. The molecule has 142 valence electrons. The number of guanidine groups is 1. The van der Waals surface area contributed by atoms with Crippen LogP contribution >= 0.6 is 0 Å². The number of halogens is 1. The number of aromatic nitrogens is 1. The summed E-state index contributed by atoms with van der Waals surface area (Å²) in [5.74, 6) is -1.07. The van der Waals surface area contributed by atoms with Crippen LogP contribution in [0.25, 0.3) is 10.9 Å². The van der Waals surface area contributed by atoms with Gasteiger partial charge in [-0.3, -0.25) is 4.99 Å². The fourth-order valence-corrected chi connectivity index (χ4v) is 3.64. The number of nitrogens with one attached hydrogen (secondary N) is 2. The van der Waals surface area contributed by atoms with E-state index in [0.717, 1.165) is 34.7 Å². The fourth-order valence-electron chi connectivity index (χ4n) is 2.67. The molecular formula is C18H19FN4O3S. The predicted octanol–water partition coefficient (Wildman–Crippen LogP) is 2.15. The van der Waals surface area contributed by atoms with Gasteiger partial charge in [-0.05, 0) is 30.2 Å². The van der Waals surface area contributed by atoms with Crippen LogP contribution in [-0.2, 0) is 16.4 Å². The summed E-state index contributed by atoms with van der Waals surface area (Å²) in [5.41, 5.74) is 7.78. The number of benzene rings is 2. The van der Waals surface area contributed by atoms with Gasteiger partial charge < -0.3 is 15.5 Å². The molecule has 27 heavy (non-hydrogen) atoms. The number of rotatable bonds is 6. The summed E-state index contributed by atoms with van der Waals surface area (Å²) in [4.78, 5) is 7.06. The summed E-state index contributed by atoms with van der Waals surface area (Å²) in [6.45, 7) is 0.308. The van der Waals surface area contributed by atoms with Gasteiger partial charge in [0.2, 0.25) is 5.96 Å². The Kier molecular flexibility index (Phi) is 5.31. The average molecular weight is 390 g/mol. The molecule has 0 aliphatic carbocycles. The first-order valence-corrected chi connectivity index (χ1v) is 9.60. The molecule has 3 rings (SSSR count). The third-order valence-corrected chi connectivity index (χ3v) is 5.36. The van der Waals surface area contributed by atoms with Crippen LogP contribution in [0.15, 0.2) is 58.5 Å². The maximum absolute atomic E-state index is 13.4. The van der Waals surface area contributed by atoms with Gasteiger partial charge in [0, 0.05) is 29.7 Å². The van der Waals surface area contributed by atoms with Crippen molar-refractivity contribution in [2.45, 2.75) is 11.3 Å². The van der Waals surface area contributed by atoms with Crippen molar-refractivity contribution in [1.29, 1.82) is 0 Å². The van der Waals surface area contributed by atoms with Crippen molar-refractivity contribution in [3.8, 4) is 5.75 Å². The van der Waals surface area contributed by atoms with E-state index in [1.54, 1.807) is 0 Å². The Hall–Kier alpha value is -3.07. The molecule has 0 unspecified atom stereocenters. The number of para-hydroxylation sites is 1. The second kappa shape index (κ2) is 7.67. The van der Waals surface area contributed by atoms with Gasteiger partial charge >= 0.3 is 0 Å². The molecule has 0 atom stereocenters. The van der Waals surface area contributed by atoms with E-state index < -0.39 is 15.8 Å². The number of ether oxygens (including phenoxy) is 1. The lowest BCUT2D eigenvalue weighted by Gasteiger charge is -2.09. The minimum absolute atomic E-state index is 0.171. The lowest BCUT2D eigenvalue weighted by molar-refractivity contribution is 0.385. The third kappa shape index (κ3) is 4.20. The first-order chi connectivity index (χ1) is 12.9. The molecule has 7 nitrogen and oxygen atoms in total. The lowest BCUT2D eigenvalue weighted by Crippen LogP contribution is -2.37. The Morgan fingerprint density at radius 3 is 2.85 bits per heavy atom. The first kappa shape index (κ1) is 18.7. The van der Waals surface area contributed by atoms with Crippen LogP contribution in [0.2, 0.25) is 0 Å². The molecule has 1 aromatic heterocycles. The van der Waals surface area contributed by atoms with Gasteiger partial charge in [0.1, 0.15) is 0 Å². The summed E-state index contributed by atoms with van der Waals surface area (Å²) < 4.78 is 45.1. The maximum atomic E-state index is 13.4. The van der Waals surface area contributed by atoms with Gasteiger partial charge in [-0.15, -0.1) is 0 Å². The summed E-state index contributed by atoms with van der Waals surface area (Å²) in [6.07, 6.45) is 2.49. The number of methoxy groups -OCH3 is 1. The quantitative estimate of drug-likeness (QED) is 0.442. The van der Waals surface area contributed by atoms with E-state index in [4.69, 9.17) is 10.5 Å². The highest BCUT2D eigenvalue weighted by Gasteiger charge is 2.17. The van der Waals surface area contributed by atoms with E-state index in [2.05, 4.69) is 14.7 Å². The van der Waals surface area contributed by atoms with Crippen molar-refractivity contribution in [2.75, 3.05) is 13.7 Å². The Morgan fingerprint density at radius 1 is 1.30 bits per heavy atom. The molecular weight excluding hydrogens is 371 g/mol. The van der Waals surface area contributed by atoms with Crippen LogP contribution in [0.1, 0.15) is 5.56 Å². The Bertz CT molecular complexity index is 1090. The molecule has 1 heterocycles. The van der Waals surface area contributed by atoms with E-state index in [1.165, 1.54) is 7.11 Å². The number of nitrogens with zero attached hydrogens (tertiary/aromatic N) is 1. The molecule has 0 saturated carbocycles. The SMILES string of the molecule is COc1cc(S(=O)(=O)NC(N)=NCCc2c[nH]c3ccccc23)ccc1F. The second-order valence-corrected chi connectivity index (χ2v) is 7.46. The zero-order valence-electron chi connectivity index (χ0n) is 14.6. The Labute approximate surface area is 156 Å². The minimum Gasteiger partial charge on any atom is -0.494 e. The van der Waals surface area contributed by atoms with Crippen LogP contribution < -0.4 is 15.2 Å². The molecule has 0 saturated heterocycles. The molecule has 0 spiro atoms. The molecule has 0 bridgehead atoms. The van der Waals surface area contributed by atoms with Gasteiger partial charge in [-0.2, -0.15) is 0 Å².